The molecule has 0 saturated carbocycles. The van der Waals surface area contributed by atoms with Gasteiger partial charge in [-0.05, 0) is 13.3 Å². The van der Waals surface area contributed by atoms with Crippen LogP contribution in [-0.4, -0.2) is 40.8 Å². The molecule has 0 aromatic rings. The van der Waals surface area contributed by atoms with Gasteiger partial charge in [0, 0.05) is 18.8 Å². The lowest BCUT2D eigenvalue weighted by Crippen LogP contribution is -2.32. The van der Waals surface area contributed by atoms with Crippen molar-refractivity contribution in [3.05, 3.63) is 0 Å². The smallest absolute Gasteiger partial charge is 0.226 e. The van der Waals surface area contributed by atoms with E-state index in [4.69, 9.17) is 5.73 Å². The van der Waals surface area contributed by atoms with Crippen molar-refractivity contribution < 1.29 is 16.8 Å². The van der Waals surface area contributed by atoms with E-state index in [1.165, 1.54) is 0 Å². The van der Waals surface area contributed by atoms with E-state index in [2.05, 4.69) is 4.72 Å². The zero-order valence-electron chi connectivity index (χ0n) is 8.23. The molecule has 86 valence electrons. The molecular formula is C6H16N2O4S2. The summed E-state index contributed by atoms with van der Waals surface area (Å²) < 4.78 is 45.8. The summed E-state index contributed by atoms with van der Waals surface area (Å²) in [5, 5.41) is -0.876. The van der Waals surface area contributed by atoms with Crippen molar-refractivity contribution in [2.75, 3.05) is 17.9 Å². The van der Waals surface area contributed by atoms with Gasteiger partial charge in [-0.3, -0.25) is 0 Å². The molecule has 0 rings (SSSR count). The quantitative estimate of drug-likeness (QED) is 0.600. The summed E-state index contributed by atoms with van der Waals surface area (Å²) in [4.78, 5) is 0. The van der Waals surface area contributed by atoms with Crippen LogP contribution in [0.2, 0.25) is 0 Å². The number of hydrogen-bond donors (Lipinski definition) is 2. The zero-order chi connectivity index (χ0) is 11.4. The van der Waals surface area contributed by atoms with E-state index < -0.39 is 24.9 Å². The standard InChI is InChI=1S/C6H16N2O4S2/c1-6(7)3-4-8-14(11,12)5-13(2,9)10/h6,8H,3-5,7H2,1-2H3. The number of rotatable bonds is 6. The molecule has 14 heavy (non-hydrogen) atoms. The number of sulfone groups is 1. The number of nitrogens with one attached hydrogen (secondary N) is 1. The Hall–Kier alpha value is -0.180. The largest absolute Gasteiger partial charge is 0.328 e. The SMILES string of the molecule is CC(N)CCNS(=O)(=O)CS(C)(=O)=O. The lowest BCUT2D eigenvalue weighted by Gasteiger charge is -2.07. The Balaban J connectivity index is 4.11. The minimum absolute atomic E-state index is 0.115. The Morgan fingerprint density at radius 3 is 2.14 bits per heavy atom. The lowest BCUT2D eigenvalue weighted by atomic mass is 10.3. The maximum absolute atomic E-state index is 11.1. The molecule has 0 aromatic heterocycles. The second-order valence-electron chi connectivity index (χ2n) is 3.32. The average molecular weight is 244 g/mol. The number of sulfonamides is 1. The van der Waals surface area contributed by atoms with Crippen LogP contribution in [0.4, 0.5) is 0 Å². The first kappa shape index (κ1) is 13.8. The molecule has 8 heteroatoms. The van der Waals surface area contributed by atoms with Crippen LogP contribution >= 0.6 is 0 Å². The first-order chi connectivity index (χ1) is 6.12. The predicted octanol–water partition coefficient (Wildman–Crippen LogP) is -1.35. The van der Waals surface area contributed by atoms with Crippen LogP contribution in [0.5, 0.6) is 0 Å². The maximum Gasteiger partial charge on any atom is 0.226 e. The molecule has 0 radical (unpaired) electrons. The molecule has 0 amide bonds. The lowest BCUT2D eigenvalue weighted by molar-refractivity contribution is 0.572. The molecule has 0 saturated heterocycles. The van der Waals surface area contributed by atoms with Crippen LogP contribution < -0.4 is 10.5 Å². The Kier molecular flexibility index (Phi) is 4.99. The van der Waals surface area contributed by atoms with Gasteiger partial charge in [-0.25, -0.2) is 21.6 Å². The van der Waals surface area contributed by atoms with Gasteiger partial charge >= 0.3 is 0 Å². The van der Waals surface area contributed by atoms with E-state index >= 15 is 0 Å². The fourth-order valence-corrected chi connectivity index (χ4v) is 3.78. The van der Waals surface area contributed by atoms with Crippen LogP contribution in [0.25, 0.3) is 0 Å². The Morgan fingerprint density at radius 2 is 1.79 bits per heavy atom. The highest BCUT2D eigenvalue weighted by Gasteiger charge is 2.17. The molecular weight excluding hydrogens is 228 g/mol. The van der Waals surface area contributed by atoms with Crippen LogP contribution in [0.15, 0.2) is 0 Å². The van der Waals surface area contributed by atoms with Crippen LogP contribution in [0, 0.1) is 0 Å². The van der Waals surface area contributed by atoms with Crippen molar-refractivity contribution >= 4 is 19.9 Å². The molecule has 0 aliphatic rings. The summed E-state index contributed by atoms with van der Waals surface area (Å²) in [5.41, 5.74) is 5.40. The fraction of sp³-hybridized carbons (Fsp3) is 1.00. The van der Waals surface area contributed by atoms with E-state index in [0.717, 1.165) is 6.26 Å². The van der Waals surface area contributed by atoms with Crippen molar-refractivity contribution in [1.29, 1.82) is 0 Å². The summed E-state index contributed by atoms with van der Waals surface area (Å²) in [5.74, 6) is 0. The Bertz CT molecular complexity index is 357. The van der Waals surface area contributed by atoms with Gasteiger partial charge in [0.05, 0.1) is 0 Å². The van der Waals surface area contributed by atoms with Gasteiger partial charge in [0.15, 0.2) is 14.9 Å². The maximum atomic E-state index is 11.1. The molecule has 0 spiro atoms. The molecule has 6 nitrogen and oxygen atoms in total. The second kappa shape index (κ2) is 5.06. The third kappa shape index (κ3) is 8.42. The van der Waals surface area contributed by atoms with Gasteiger partial charge in [-0.1, -0.05) is 0 Å². The van der Waals surface area contributed by atoms with Crippen molar-refractivity contribution in [1.82, 2.24) is 4.72 Å². The third-order valence-corrected chi connectivity index (χ3v) is 4.89. The molecule has 0 heterocycles. The highest BCUT2D eigenvalue weighted by molar-refractivity contribution is 8.06. The third-order valence-electron chi connectivity index (χ3n) is 1.29. The van der Waals surface area contributed by atoms with Gasteiger partial charge in [0.1, 0.15) is 0 Å². The molecule has 0 aromatic carbocycles. The van der Waals surface area contributed by atoms with E-state index in [9.17, 15) is 16.8 Å². The van der Waals surface area contributed by atoms with Crippen molar-refractivity contribution in [3.63, 3.8) is 0 Å². The van der Waals surface area contributed by atoms with Crippen molar-refractivity contribution in [3.8, 4) is 0 Å². The monoisotopic (exact) mass is 244 g/mol. The fourth-order valence-electron chi connectivity index (χ4n) is 0.766. The van der Waals surface area contributed by atoms with E-state index in [1.807, 2.05) is 0 Å². The van der Waals surface area contributed by atoms with Crippen LogP contribution in [-0.2, 0) is 19.9 Å². The first-order valence-electron chi connectivity index (χ1n) is 4.03. The minimum Gasteiger partial charge on any atom is -0.328 e. The van der Waals surface area contributed by atoms with Gasteiger partial charge in [-0.15, -0.1) is 0 Å². The van der Waals surface area contributed by atoms with E-state index in [1.54, 1.807) is 6.92 Å². The average Bonchev–Trinajstić information content (AvgIpc) is 1.78. The topological polar surface area (TPSA) is 106 Å². The molecule has 1 atom stereocenters. The summed E-state index contributed by atoms with van der Waals surface area (Å²) in [6.07, 6.45) is 1.35. The molecule has 0 bridgehead atoms. The Morgan fingerprint density at radius 1 is 1.29 bits per heavy atom. The molecule has 3 N–H and O–H groups in total. The van der Waals surface area contributed by atoms with Crippen molar-refractivity contribution in [2.45, 2.75) is 19.4 Å². The van der Waals surface area contributed by atoms with Gasteiger partial charge in [0.25, 0.3) is 0 Å². The summed E-state index contributed by atoms with van der Waals surface area (Å²) >= 11 is 0. The highest BCUT2D eigenvalue weighted by atomic mass is 32.3. The number of hydrogen-bond acceptors (Lipinski definition) is 5. The molecule has 0 aliphatic carbocycles. The highest BCUT2D eigenvalue weighted by Crippen LogP contribution is 1.93. The molecule has 1 unspecified atom stereocenters. The summed E-state index contributed by atoms with van der Waals surface area (Å²) in [6.45, 7) is 1.90. The van der Waals surface area contributed by atoms with Crippen LogP contribution in [0.1, 0.15) is 13.3 Å². The normalized spacial score (nSPS) is 15.4. The van der Waals surface area contributed by atoms with Gasteiger partial charge in [0.2, 0.25) is 10.0 Å². The van der Waals surface area contributed by atoms with E-state index in [0.29, 0.717) is 6.42 Å². The van der Waals surface area contributed by atoms with Gasteiger partial charge in [-0.2, -0.15) is 0 Å². The van der Waals surface area contributed by atoms with E-state index in [-0.39, 0.29) is 12.6 Å². The Labute approximate surface area is 84.8 Å². The van der Waals surface area contributed by atoms with Gasteiger partial charge < -0.3 is 5.73 Å². The van der Waals surface area contributed by atoms with Crippen LogP contribution in [0.3, 0.4) is 0 Å². The molecule has 0 aliphatic heterocycles. The summed E-state index contributed by atoms with van der Waals surface area (Å²) in [7, 11) is -7.24. The minimum atomic E-state index is -3.73. The molecule has 0 fully saturated rings. The first-order valence-corrected chi connectivity index (χ1v) is 7.74. The zero-order valence-corrected chi connectivity index (χ0v) is 9.86. The second-order valence-corrected chi connectivity index (χ2v) is 7.63. The summed E-state index contributed by atoms with van der Waals surface area (Å²) in [6, 6.07) is -0.115. The van der Waals surface area contributed by atoms with Crippen molar-refractivity contribution in [2.24, 2.45) is 5.73 Å². The number of nitrogens with two attached hydrogens (primary N) is 1. The predicted molar refractivity (Wildman–Crippen MR) is 54.9 cm³/mol.